The summed E-state index contributed by atoms with van der Waals surface area (Å²) in [6.07, 6.45) is 1.83. The first-order valence-corrected chi connectivity index (χ1v) is 7.60. The minimum absolute atomic E-state index is 0.331. The maximum absolute atomic E-state index is 12.0. The molecule has 2 rings (SSSR count). The zero-order chi connectivity index (χ0) is 13.0. The molecule has 0 atom stereocenters. The molecule has 0 radical (unpaired) electrons. The maximum atomic E-state index is 12.0. The average Bonchev–Trinajstić information content (AvgIpc) is 2.38. The molecule has 0 amide bonds. The molecule has 0 unspecified atom stereocenters. The van der Waals surface area contributed by atoms with E-state index in [9.17, 15) is 8.42 Å². The van der Waals surface area contributed by atoms with Crippen LogP contribution in [0.15, 0.2) is 47.4 Å². The van der Waals surface area contributed by atoms with Gasteiger partial charge in [0.15, 0.2) is 0 Å². The molecule has 0 fully saturated rings. The van der Waals surface area contributed by atoms with Crippen molar-refractivity contribution in [2.75, 3.05) is 6.54 Å². The van der Waals surface area contributed by atoms with Crippen LogP contribution in [0.25, 0.3) is 10.8 Å². The Hall–Kier alpha value is -1.39. The molecular weight excluding hydrogens is 246 g/mol. The summed E-state index contributed by atoms with van der Waals surface area (Å²) in [5.74, 6) is 0. The van der Waals surface area contributed by atoms with Crippen molar-refractivity contribution in [1.29, 1.82) is 0 Å². The minimum Gasteiger partial charge on any atom is -0.211 e. The van der Waals surface area contributed by atoms with E-state index >= 15 is 0 Å². The molecular formula is C14H17NO2S. The van der Waals surface area contributed by atoms with Crippen LogP contribution in [0.5, 0.6) is 0 Å². The van der Waals surface area contributed by atoms with Crippen LogP contribution in [0, 0.1) is 0 Å². The maximum Gasteiger partial charge on any atom is 0.240 e. The van der Waals surface area contributed by atoms with Crippen molar-refractivity contribution in [3.05, 3.63) is 42.5 Å². The quantitative estimate of drug-likeness (QED) is 0.843. The van der Waals surface area contributed by atoms with Crippen LogP contribution < -0.4 is 4.72 Å². The largest absolute Gasteiger partial charge is 0.240 e. The van der Waals surface area contributed by atoms with Crippen molar-refractivity contribution in [3.8, 4) is 0 Å². The smallest absolute Gasteiger partial charge is 0.211 e. The fourth-order valence-corrected chi connectivity index (χ4v) is 2.91. The van der Waals surface area contributed by atoms with Crippen LogP contribution in [0.2, 0.25) is 0 Å². The molecule has 2 aromatic carbocycles. The Morgan fingerprint density at radius 2 is 1.78 bits per heavy atom. The summed E-state index contributed by atoms with van der Waals surface area (Å²) >= 11 is 0. The van der Waals surface area contributed by atoms with Gasteiger partial charge in [0.1, 0.15) is 0 Å². The lowest BCUT2D eigenvalue weighted by Crippen LogP contribution is -2.24. The van der Waals surface area contributed by atoms with Crippen molar-refractivity contribution >= 4 is 20.8 Å². The highest BCUT2D eigenvalue weighted by Crippen LogP contribution is 2.18. The molecule has 2 aromatic rings. The van der Waals surface area contributed by atoms with Crippen LogP contribution in [0.3, 0.4) is 0 Å². The van der Waals surface area contributed by atoms with Gasteiger partial charge in [0.05, 0.1) is 4.90 Å². The van der Waals surface area contributed by atoms with Gasteiger partial charge in [0, 0.05) is 6.54 Å². The molecule has 3 nitrogen and oxygen atoms in total. The Morgan fingerprint density at radius 3 is 2.50 bits per heavy atom. The van der Waals surface area contributed by atoms with E-state index in [0.29, 0.717) is 11.4 Å². The van der Waals surface area contributed by atoms with Gasteiger partial charge in [-0.2, -0.15) is 0 Å². The van der Waals surface area contributed by atoms with E-state index in [0.717, 1.165) is 23.6 Å². The number of rotatable bonds is 5. The Labute approximate surface area is 108 Å². The summed E-state index contributed by atoms with van der Waals surface area (Å²) in [4.78, 5) is 0.331. The fraction of sp³-hybridized carbons (Fsp3) is 0.286. The molecule has 0 heterocycles. The number of nitrogens with one attached hydrogen (secondary N) is 1. The summed E-state index contributed by atoms with van der Waals surface area (Å²) in [5.41, 5.74) is 0. The predicted octanol–water partition coefficient (Wildman–Crippen LogP) is 2.92. The van der Waals surface area contributed by atoms with Crippen LogP contribution in [-0.4, -0.2) is 15.0 Å². The monoisotopic (exact) mass is 263 g/mol. The first-order chi connectivity index (χ1) is 8.63. The van der Waals surface area contributed by atoms with Gasteiger partial charge < -0.3 is 0 Å². The van der Waals surface area contributed by atoms with Crippen LogP contribution in [-0.2, 0) is 10.0 Å². The Kier molecular flexibility index (Phi) is 3.99. The topological polar surface area (TPSA) is 46.2 Å². The molecule has 1 N–H and O–H groups in total. The molecule has 0 aliphatic rings. The number of benzene rings is 2. The predicted molar refractivity (Wildman–Crippen MR) is 74.0 cm³/mol. The summed E-state index contributed by atoms with van der Waals surface area (Å²) in [6.45, 7) is 2.52. The van der Waals surface area contributed by atoms with E-state index in [1.165, 1.54) is 0 Å². The third-order valence-electron chi connectivity index (χ3n) is 2.85. The van der Waals surface area contributed by atoms with E-state index in [4.69, 9.17) is 0 Å². The molecule has 0 saturated carbocycles. The SMILES string of the molecule is CCCCNS(=O)(=O)c1ccc2ccccc2c1. The number of fused-ring (bicyclic) bond motifs is 1. The lowest BCUT2D eigenvalue weighted by atomic mass is 10.1. The Morgan fingerprint density at radius 1 is 1.06 bits per heavy atom. The first-order valence-electron chi connectivity index (χ1n) is 6.12. The molecule has 0 aliphatic heterocycles. The standard InChI is InChI=1S/C14H17NO2S/c1-2-3-10-15-18(16,17)14-9-8-12-6-4-5-7-13(12)11-14/h4-9,11,15H,2-3,10H2,1H3. The van der Waals surface area contributed by atoms with Gasteiger partial charge in [0.25, 0.3) is 0 Å². The molecule has 0 bridgehead atoms. The first kappa shape index (κ1) is 13.1. The summed E-state index contributed by atoms with van der Waals surface area (Å²) < 4.78 is 26.7. The molecule has 0 aliphatic carbocycles. The summed E-state index contributed by atoms with van der Waals surface area (Å²) in [7, 11) is -3.37. The summed E-state index contributed by atoms with van der Waals surface area (Å²) in [5, 5.41) is 1.99. The van der Waals surface area contributed by atoms with E-state index in [1.54, 1.807) is 12.1 Å². The van der Waals surface area contributed by atoms with Gasteiger partial charge >= 0.3 is 0 Å². The van der Waals surface area contributed by atoms with Gasteiger partial charge in [-0.15, -0.1) is 0 Å². The zero-order valence-electron chi connectivity index (χ0n) is 10.4. The lowest BCUT2D eigenvalue weighted by Gasteiger charge is -2.07. The molecule has 0 aromatic heterocycles. The third kappa shape index (κ3) is 2.89. The third-order valence-corrected chi connectivity index (χ3v) is 4.31. The van der Waals surface area contributed by atoms with Crippen LogP contribution in [0.4, 0.5) is 0 Å². The minimum atomic E-state index is -3.37. The normalized spacial score (nSPS) is 11.8. The second kappa shape index (κ2) is 5.50. The van der Waals surface area contributed by atoms with E-state index in [1.807, 2.05) is 37.3 Å². The van der Waals surface area contributed by atoms with E-state index < -0.39 is 10.0 Å². The van der Waals surface area contributed by atoms with Gasteiger partial charge in [-0.1, -0.05) is 43.7 Å². The molecule has 0 spiro atoms. The van der Waals surface area contributed by atoms with Crippen LogP contribution >= 0.6 is 0 Å². The van der Waals surface area contributed by atoms with E-state index in [2.05, 4.69) is 4.72 Å². The Balaban J connectivity index is 2.30. The van der Waals surface area contributed by atoms with Gasteiger partial charge in [0.2, 0.25) is 10.0 Å². The number of sulfonamides is 1. The molecule has 0 saturated heterocycles. The molecule has 96 valence electrons. The van der Waals surface area contributed by atoms with Crippen molar-refractivity contribution in [2.45, 2.75) is 24.7 Å². The second-order valence-corrected chi connectivity index (χ2v) is 6.03. The molecule has 18 heavy (non-hydrogen) atoms. The van der Waals surface area contributed by atoms with Crippen molar-refractivity contribution < 1.29 is 8.42 Å². The highest BCUT2D eigenvalue weighted by Gasteiger charge is 2.13. The van der Waals surface area contributed by atoms with Gasteiger partial charge in [-0.25, -0.2) is 13.1 Å². The lowest BCUT2D eigenvalue weighted by molar-refractivity contribution is 0.578. The molecule has 4 heteroatoms. The van der Waals surface area contributed by atoms with Gasteiger partial charge in [-0.3, -0.25) is 0 Å². The van der Waals surface area contributed by atoms with Crippen molar-refractivity contribution in [1.82, 2.24) is 4.72 Å². The van der Waals surface area contributed by atoms with Crippen molar-refractivity contribution in [2.24, 2.45) is 0 Å². The summed E-state index contributed by atoms with van der Waals surface area (Å²) in [6, 6.07) is 12.9. The zero-order valence-corrected chi connectivity index (χ0v) is 11.2. The Bertz CT molecular complexity index is 635. The fourth-order valence-electron chi connectivity index (χ4n) is 1.80. The van der Waals surface area contributed by atoms with Crippen LogP contribution in [0.1, 0.15) is 19.8 Å². The van der Waals surface area contributed by atoms with Crippen molar-refractivity contribution in [3.63, 3.8) is 0 Å². The average molecular weight is 263 g/mol. The van der Waals surface area contributed by atoms with Gasteiger partial charge in [-0.05, 0) is 29.3 Å². The number of unbranched alkanes of at least 4 members (excludes halogenated alkanes) is 1. The number of hydrogen-bond donors (Lipinski definition) is 1. The highest BCUT2D eigenvalue weighted by molar-refractivity contribution is 7.89. The highest BCUT2D eigenvalue weighted by atomic mass is 32.2. The number of hydrogen-bond acceptors (Lipinski definition) is 2. The second-order valence-electron chi connectivity index (χ2n) is 4.26. The van der Waals surface area contributed by atoms with E-state index in [-0.39, 0.29) is 0 Å².